The second-order valence-electron chi connectivity index (χ2n) is 6.18. The average molecular weight is 418 g/mol. The van der Waals surface area contributed by atoms with Crippen molar-refractivity contribution in [2.75, 3.05) is 13.0 Å². The molecule has 1 aliphatic rings. The highest BCUT2D eigenvalue weighted by molar-refractivity contribution is 7.98. The number of esters is 1. The molecule has 9 heteroatoms. The van der Waals surface area contributed by atoms with E-state index in [4.69, 9.17) is 14.2 Å². The molecular formula is C20H16F2N2O4S. The van der Waals surface area contributed by atoms with E-state index in [-0.39, 0.29) is 31.5 Å². The molecule has 0 saturated carbocycles. The molecule has 6 nitrogen and oxygen atoms in total. The molecule has 0 N–H and O–H groups in total. The Kier molecular flexibility index (Phi) is 5.50. The monoisotopic (exact) mass is 418 g/mol. The Balaban J connectivity index is 1.60. The molecule has 0 atom stereocenters. The molecule has 2 aromatic carbocycles. The zero-order valence-corrected chi connectivity index (χ0v) is 16.2. The first-order valence-corrected chi connectivity index (χ1v) is 9.86. The van der Waals surface area contributed by atoms with Crippen LogP contribution >= 0.6 is 11.8 Å². The molecule has 1 aromatic heterocycles. The standard InChI is InChI=1S/C20H16F2N2O4S/c1-29-20-23-8-17(24(20)16-4-2-14(21)3-5-16)19(25)27-10-13-7-15(22)6-12-9-26-11-28-18(12)13/h2-8H,9-11H2,1H3. The van der Waals surface area contributed by atoms with E-state index in [9.17, 15) is 13.6 Å². The molecule has 29 heavy (non-hydrogen) atoms. The van der Waals surface area contributed by atoms with Crippen LogP contribution in [0.5, 0.6) is 5.75 Å². The number of hydrogen-bond acceptors (Lipinski definition) is 6. The minimum atomic E-state index is -0.646. The summed E-state index contributed by atoms with van der Waals surface area (Å²) < 4.78 is 44.7. The summed E-state index contributed by atoms with van der Waals surface area (Å²) in [6.45, 7) is 0.0958. The SMILES string of the molecule is CSc1ncc(C(=O)OCc2cc(F)cc3c2OCOC3)n1-c1ccc(F)cc1. The lowest BCUT2D eigenvalue weighted by Gasteiger charge is -2.20. The van der Waals surface area contributed by atoms with Crippen molar-refractivity contribution in [1.29, 1.82) is 0 Å². The first-order valence-electron chi connectivity index (χ1n) is 8.63. The lowest BCUT2D eigenvalue weighted by molar-refractivity contribution is -0.0183. The van der Waals surface area contributed by atoms with Gasteiger partial charge in [0, 0.05) is 16.8 Å². The number of thioether (sulfide) groups is 1. The molecule has 4 rings (SSSR count). The zero-order chi connectivity index (χ0) is 20.4. The maximum absolute atomic E-state index is 13.9. The number of benzene rings is 2. The molecule has 3 aromatic rings. The molecule has 150 valence electrons. The topological polar surface area (TPSA) is 62.6 Å². The number of nitrogens with zero attached hydrogens (tertiary/aromatic N) is 2. The molecule has 0 radical (unpaired) electrons. The van der Waals surface area contributed by atoms with E-state index in [0.29, 0.717) is 27.7 Å². The van der Waals surface area contributed by atoms with Crippen LogP contribution in [0.2, 0.25) is 0 Å². The van der Waals surface area contributed by atoms with Gasteiger partial charge in [0.25, 0.3) is 0 Å². The summed E-state index contributed by atoms with van der Waals surface area (Å²) >= 11 is 1.33. The van der Waals surface area contributed by atoms with Gasteiger partial charge >= 0.3 is 5.97 Å². The highest BCUT2D eigenvalue weighted by Gasteiger charge is 2.22. The fourth-order valence-corrected chi connectivity index (χ4v) is 3.59. The summed E-state index contributed by atoms with van der Waals surface area (Å²) in [6.07, 6.45) is 3.21. The average Bonchev–Trinajstić information content (AvgIpc) is 3.16. The highest BCUT2D eigenvalue weighted by Crippen LogP contribution is 2.30. The second kappa shape index (κ2) is 8.22. The van der Waals surface area contributed by atoms with Gasteiger partial charge in [-0.3, -0.25) is 4.57 Å². The number of fused-ring (bicyclic) bond motifs is 1. The molecule has 0 fully saturated rings. The van der Waals surface area contributed by atoms with E-state index >= 15 is 0 Å². The van der Waals surface area contributed by atoms with E-state index in [1.165, 1.54) is 42.2 Å². The van der Waals surface area contributed by atoms with E-state index in [1.807, 2.05) is 6.26 Å². The van der Waals surface area contributed by atoms with Crippen molar-refractivity contribution >= 4 is 17.7 Å². The van der Waals surface area contributed by atoms with Gasteiger partial charge in [0.15, 0.2) is 17.6 Å². The van der Waals surface area contributed by atoms with Gasteiger partial charge in [-0.15, -0.1) is 0 Å². The number of carbonyl (C=O) groups is 1. The minimum absolute atomic E-state index is 0.0496. The van der Waals surface area contributed by atoms with Crippen LogP contribution in [0.25, 0.3) is 5.69 Å². The van der Waals surface area contributed by atoms with Crippen LogP contribution in [0.4, 0.5) is 8.78 Å². The smallest absolute Gasteiger partial charge is 0.357 e. The van der Waals surface area contributed by atoms with Crippen molar-refractivity contribution in [1.82, 2.24) is 9.55 Å². The summed E-state index contributed by atoms with van der Waals surface area (Å²) in [4.78, 5) is 17.0. The molecular weight excluding hydrogens is 402 g/mol. The summed E-state index contributed by atoms with van der Waals surface area (Å²) in [5.41, 5.74) is 1.72. The van der Waals surface area contributed by atoms with Crippen molar-refractivity contribution in [3.8, 4) is 11.4 Å². The van der Waals surface area contributed by atoms with Crippen molar-refractivity contribution in [3.63, 3.8) is 0 Å². The first-order chi connectivity index (χ1) is 14.1. The van der Waals surface area contributed by atoms with Crippen LogP contribution in [0, 0.1) is 11.6 Å². The van der Waals surface area contributed by atoms with Crippen molar-refractivity contribution < 1.29 is 27.8 Å². The number of carbonyl (C=O) groups excluding carboxylic acids is 1. The molecule has 1 aliphatic heterocycles. The molecule has 0 bridgehead atoms. The Morgan fingerprint density at radius 2 is 2.03 bits per heavy atom. The largest absolute Gasteiger partial charge is 0.467 e. The van der Waals surface area contributed by atoms with Gasteiger partial charge in [-0.05, 0) is 42.7 Å². The van der Waals surface area contributed by atoms with E-state index in [2.05, 4.69) is 4.98 Å². The van der Waals surface area contributed by atoms with Crippen LogP contribution in [-0.4, -0.2) is 28.6 Å². The Bertz CT molecular complexity index is 1050. The molecule has 0 unspecified atom stereocenters. The van der Waals surface area contributed by atoms with E-state index in [1.54, 1.807) is 16.7 Å². The van der Waals surface area contributed by atoms with Crippen LogP contribution < -0.4 is 4.74 Å². The normalized spacial score (nSPS) is 12.9. The van der Waals surface area contributed by atoms with Gasteiger partial charge in [-0.25, -0.2) is 18.6 Å². The van der Waals surface area contributed by atoms with Crippen LogP contribution in [0.15, 0.2) is 47.8 Å². The summed E-state index contributed by atoms with van der Waals surface area (Å²) in [5, 5.41) is 0.548. The van der Waals surface area contributed by atoms with Crippen molar-refractivity contribution in [3.05, 3.63) is 71.1 Å². The fourth-order valence-electron chi connectivity index (χ4n) is 3.04. The Hall–Kier alpha value is -2.91. The first kappa shape index (κ1) is 19.4. The third-order valence-corrected chi connectivity index (χ3v) is 4.97. The Morgan fingerprint density at radius 3 is 2.79 bits per heavy atom. The minimum Gasteiger partial charge on any atom is -0.467 e. The molecule has 0 saturated heterocycles. The number of ether oxygens (including phenoxy) is 3. The second-order valence-corrected chi connectivity index (χ2v) is 6.96. The van der Waals surface area contributed by atoms with Gasteiger partial charge in [0.05, 0.1) is 12.8 Å². The zero-order valence-electron chi connectivity index (χ0n) is 15.4. The maximum atomic E-state index is 13.9. The van der Waals surface area contributed by atoms with Gasteiger partial charge in [0.1, 0.15) is 24.0 Å². The quantitative estimate of drug-likeness (QED) is 0.459. The summed E-state index contributed by atoms with van der Waals surface area (Å²) in [6, 6.07) is 8.28. The van der Waals surface area contributed by atoms with E-state index < -0.39 is 11.8 Å². The number of hydrogen-bond donors (Lipinski definition) is 0. The van der Waals surface area contributed by atoms with Crippen LogP contribution in [0.3, 0.4) is 0 Å². The van der Waals surface area contributed by atoms with Crippen LogP contribution in [0.1, 0.15) is 21.6 Å². The molecule has 0 spiro atoms. The Labute approximate surface area is 169 Å². The predicted octanol–water partition coefficient (Wildman–Crippen LogP) is 4.10. The molecule has 0 aliphatic carbocycles. The van der Waals surface area contributed by atoms with Gasteiger partial charge in [-0.1, -0.05) is 11.8 Å². The predicted molar refractivity (Wildman–Crippen MR) is 101 cm³/mol. The number of aromatic nitrogens is 2. The number of rotatable bonds is 5. The highest BCUT2D eigenvalue weighted by atomic mass is 32.2. The van der Waals surface area contributed by atoms with Gasteiger partial charge in [0.2, 0.25) is 0 Å². The van der Waals surface area contributed by atoms with Crippen LogP contribution in [-0.2, 0) is 22.7 Å². The summed E-state index contributed by atoms with van der Waals surface area (Å²) in [7, 11) is 0. The van der Waals surface area contributed by atoms with E-state index in [0.717, 1.165) is 0 Å². The van der Waals surface area contributed by atoms with Crippen molar-refractivity contribution in [2.45, 2.75) is 18.4 Å². The maximum Gasteiger partial charge on any atom is 0.357 e. The lowest BCUT2D eigenvalue weighted by Crippen LogP contribution is -2.16. The van der Waals surface area contributed by atoms with Crippen molar-refractivity contribution in [2.24, 2.45) is 0 Å². The molecule has 2 heterocycles. The third kappa shape index (κ3) is 3.96. The van der Waals surface area contributed by atoms with Gasteiger partial charge in [-0.2, -0.15) is 0 Å². The lowest BCUT2D eigenvalue weighted by atomic mass is 10.1. The third-order valence-electron chi connectivity index (χ3n) is 4.32. The number of halogens is 2. The summed E-state index contributed by atoms with van der Waals surface area (Å²) in [5.74, 6) is -1.04. The Morgan fingerprint density at radius 1 is 1.24 bits per heavy atom. The number of imidazole rings is 1. The van der Waals surface area contributed by atoms with Gasteiger partial charge < -0.3 is 14.2 Å². The molecule has 0 amide bonds. The fraction of sp³-hybridized carbons (Fsp3) is 0.200.